The van der Waals surface area contributed by atoms with E-state index in [4.69, 9.17) is 11.6 Å². The first-order chi connectivity index (χ1) is 10.0. The quantitative estimate of drug-likeness (QED) is 0.366. The monoisotopic (exact) mass is 302 g/mol. The molecule has 0 bridgehead atoms. The van der Waals surface area contributed by atoms with Gasteiger partial charge in [0.05, 0.1) is 21.6 Å². The summed E-state index contributed by atoms with van der Waals surface area (Å²) in [4.78, 5) is 9.89. The molecule has 0 unspecified atom stereocenters. The smallest absolute Gasteiger partial charge is 0.258 e. The van der Waals surface area contributed by atoms with Crippen LogP contribution in [0.3, 0.4) is 0 Å². The Bertz CT molecular complexity index is 767. The van der Waals surface area contributed by atoms with Gasteiger partial charge in [-0.2, -0.15) is 5.26 Å². The number of nitriles is 1. The van der Waals surface area contributed by atoms with E-state index < -0.39 is 10.7 Å². The van der Waals surface area contributed by atoms with Crippen LogP contribution >= 0.6 is 11.6 Å². The molecule has 0 aliphatic heterocycles. The van der Waals surface area contributed by atoms with Crippen molar-refractivity contribution in [2.24, 2.45) is 0 Å². The Hall–Kier alpha value is -2.71. The summed E-state index contributed by atoms with van der Waals surface area (Å²) in [5, 5.41) is 19.7. The molecule has 0 heterocycles. The Morgan fingerprint density at radius 3 is 2.43 bits per heavy atom. The lowest BCUT2D eigenvalue weighted by Gasteiger charge is -2.05. The maximum Gasteiger partial charge on any atom is 0.272 e. The zero-order chi connectivity index (χ0) is 15.4. The second-order valence-electron chi connectivity index (χ2n) is 4.09. The number of nitro benzene ring substituents is 1. The van der Waals surface area contributed by atoms with E-state index in [1.165, 1.54) is 6.07 Å². The predicted molar refractivity (Wildman–Crippen MR) is 77.8 cm³/mol. The van der Waals surface area contributed by atoms with Crippen LogP contribution in [-0.2, 0) is 0 Å². The Balaban J connectivity index is 2.57. The van der Waals surface area contributed by atoms with Crippen molar-refractivity contribution in [1.29, 1.82) is 5.26 Å². The SMILES string of the molecule is N#CC(=C(Cl)c1ccc([N+](=O)[O-])cc1F)c1ccccc1. The van der Waals surface area contributed by atoms with Gasteiger partial charge in [0, 0.05) is 11.6 Å². The van der Waals surface area contributed by atoms with E-state index in [0.29, 0.717) is 5.56 Å². The van der Waals surface area contributed by atoms with E-state index >= 15 is 0 Å². The molecule has 4 nitrogen and oxygen atoms in total. The van der Waals surface area contributed by atoms with Crippen LogP contribution in [0.1, 0.15) is 11.1 Å². The van der Waals surface area contributed by atoms with Gasteiger partial charge < -0.3 is 0 Å². The normalized spacial score (nSPS) is 11.5. The molecule has 0 aliphatic rings. The fourth-order valence-corrected chi connectivity index (χ4v) is 2.08. The molecule has 21 heavy (non-hydrogen) atoms. The molecule has 2 aromatic carbocycles. The van der Waals surface area contributed by atoms with Crippen molar-refractivity contribution < 1.29 is 9.31 Å². The molecule has 0 spiro atoms. The second kappa shape index (κ2) is 6.16. The topological polar surface area (TPSA) is 66.9 Å². The van der Waals surface area contributed by atoms with E-state index in [1.807, 2.05) is 6.07 Å². The molecule has 0 amide bonds. The van der Waals surface area contributed by atoms with Gasteiger partial charge in [-0.1, -0.05) is 41.9 Å². The fourth-order valence-electron chi connectivity index (χ4n) is 1.78. The van der Waals surface area contributed by atoms with Gasteiger partial charge in [0.2, 0.25) is 0 Å². The van der Waals surface area contributed by atoms with Crippen molar-refractivity contribution in [3.8, 4) is 6.07 Å². The van der Waals surface area contributed by atoms with Gasteiger partial charge in [-0.15, -0.1) is 0 Å². The lowest BCUT2D eigenvalue weighted by Crippen LogP contribution is -1.93. The third-order valence-corrected chi connectivity index (χ3v) is 3.19. The Labute approximate surface area is 124 Å². The van der Waals surface area contributed by atoms with Gasteiger partial charge in [0.15, 0.2) is 0 Å². The van der Waals surface area contributed by atoms with Gasteiger partial charge in [0.1, 0.15) is 11.9 Å². The number of rotatable bonds is 3. The van der Waals surface area contributed by atoms with Crippen LogP contribution < -0.4 is 0 Å². The minimum Gasteiger partial charge on any atom is -0.258 e. The second-order valence-corrected chi connectivity index (χ2v) is 4.47. The molecule has 2 aromatic rings. The van der Waals surface area contributed by atoms with Crippen LogP contribution in [0.25, 0.3) is 10.6 Å². The first-order valence-corrected chi connectivity index (χ1v) is 6.22. The minimum atomic E-state index is -0.849. The van der Waals surface area contributed by atoms with Crippen LogP contribution in [0.15, 0.2) is 48.5 Å². The van der Waals surface area contributed by atoms with Crippen molar-refractivity contribution in [1.82, 2.24) is 0 Å². The molecule has 0 saturated heterocycles. The molecule has 0 aromatic heterocycles. The fraction of sp³-hybridized carbons (Fsp3) is 0. The first-order valence-electron chi connectivity index (χ1n) is 5.84. The average Bonchev–Trinajstić information content (AvgIpc) is 2.48. The van der Waals surface area contributed by atoms with E-state index in [2.05, 4.69) is 0 Å². The standard InChI is InChI=1S/C15H8ClFN2O2/c16-15(13(9-18)10-4-2-1-3-5-10)12-7-6-11(19(20)21)8-14(12)17/h1-8H. The third-order valence-electron chi connectivity index (χ3n) is 2.79. The van der Waals surface area contributed by atoms with Gasteiger partial charge >= 0.3 is 0 Å². The molecule has 0 saturated carbocycles. The van der Waals surface area contributed by atoms with E-state index in [-0.39, 0.29) is 21.9 Å². The number of nitrogens with zero attached hydrogens (tertiary/aromatic N) is 2. The largest absolute Gasteiger partial charge is 0.272 e. The molecule has 0 fully saturated rings. The summed E-state index contributed by atoms with van der Waals surface area (Å²) in [6, 6.07) is 13.6. The number of hydrogen-bond acceptors (Lipinski definition) is 3. The van der Waals surface area contributed by atoms with Crippen molar-refractivity contribution in [2.45, 2.75) is 0 Å². The van der Waals surface area contributed by atoms with Crippen molar-refractivity contribution in [3.05, 3.63) is 75.6 Å². The van der Waals surface area contributed by atoms with E-state index in [0.717, 1.165) is 12.1 Å². The van der Waals surface area contributed by atoms with Crippen molar-refractivity contribution in [2.75, 3.05) is 0 Å². The lowest BCUT2D eigenvalue weighted by atomic mass is 10.0. The zero-order valence-electron chi connectivity index (χ0n) is 10.6. The summed E-state index contributed by atoms with van der Waals surface area (Å²) in [6.45, 7) is 0. The highest BCUT2D eigenvalue weighted by atomic mass is 35.5. The highest BCUT2D eigenvalue weighted by molar-refractivity contribution is 6.53. The molecular weight excluding hydrogens is 295 g/mol. The predicted octanol–water partition coefficient (Wildman–Crippen LogP) is 4.36. The van der Waals surface area contributed by atoms with Crippen LogP contribution in [0.5, 0.6) is 0 Å². The highest BCUT2D eigenvalue weighted by Gasteiger charge is 2.16. The number of halogens is 2. The number of allylic oxidation sites excluding steroid dienone is 1. The van der Waals surface area contributed by atoms with Crippen molar-refractivity contribution in [3.63, 3.8) is 0 Å². The maximum atomic E-state index is 13.9. The van der Waals surface area contributed by atoms with Gasteiger partial charge in [-0.3, -0.25) is 10.1 Å². The molecule has 0 N–H and O–H groups in total. The molecule has 6 heteroatoms. The minimum absolute atomic E-state index is 0.0531. The number of non-ortho nitro benzene ring substituents is 1. The maximum absolute atomic E-state index is 13.9. The zero-order valence-corrected chi connectivity index (χ0v) is 11.3. The van der Waals surface area contributed by atoms with E-state index in [9.17, 15) is 19.8 Å². The summed E-state index contributed by atoms with van der Waals surface area (Å²) in [5.41, 5.74) is 0.217. The van der Waals surface area contributed by atoms with Crippen LogP contribution in [0.2, 0.25) is 0 Å². The number of benzene rings is 2. The number of hydrogen-bond donors (Lipinski definition) is 0. The number of nitro groups is 1. The van der Waals surface area contributed by atoms with Gasteiger partial charge in [-0.25, -0.2) is 4.39 Å². The summed E-state index contributed by atoms with van der Waals surface area (Å²) < 4.78 is 13.9. The molecule has 0 aliphatic carbocycles. The van der Waals surface area contributed by atoms with Gasteiger partial charge in [-0.05, 0) is 11.6 Å². The van der Waals surface area contributed by atoms with Gasteiger partial charge in [0.25, 0.3) is 5.69 Å². The molecule has 2 rings (SSSR count). The summed E-state index contributed by atoms with van der Waals surface area (Å²) in [7, 11) is 0. The van der Waals surface area contributed by atoms with Crippen LogP contribution in [-0.4, -0.2) is 4.92 Å². The van der Waals surface area contributed by atoms with E-state index in [1.54, 1.807) is 30.3 Å². The van der Waals surface area contributed by atoms with Crippen LogP contribution in [0, 0.1) is 27.3 Å². The molecule has 0 atom stereocenters. The highest BCUT2D eigenvalue weighted by Crippen LogP contribution is 2.32. The average molecular weight is 303 g/mol. The molecule has 0 radical (unpaired) electrons. The molecular formula is C15H8ClFN2O2. The lowest BCUT2D eigenvalue weighted by molar-refractivity contribution is -0.385. The summed E-state index contributed by atoms with van der Waals surface area (Å²) in [6.07, 6.45) is 0. The Morgan fingerprint density at radius 1 is 1.24 bits per heavy atom. The summed E-state index contributed by atoms with van der Waals surface area (Å²) >= 11 is 6.09. The summed E-state index contributed by atoms with van der Waals surface area (Å²) in [5.74, 6) is -0.849. The van der Waals surface area contributed by atoms with Crippen molar-refractivity contribution >= 4 is 27.9 Å². The Kier molecular flexibility index (Phi) is 4.31. The Morgan fingerprint density at radius 2 is 1.90 bits per heavy atom. The van der Waals surface area contributed by atoms with Crippen LogP contribution in [0.4, 0.5) is 10.1 Å². The first kappa shape index (κ1) is 14.7. The molecule has 104 valence electrons. The third kappa shape index (κ3) is 3.07.